The zero-order chi connectivity index (χ0) is 14.7. The van der Waals surface area contributed by atoms with E-state index in [2.05, 4.69) is 12.2 Å². The zero-order valence-electron chi connectivity index (χ0n) is 11.7. The zero-order valence-corrected chi connectivity index (χ0v) is 13.4. The fourth-order valence-corrected chi connectivity index (χ4v) is 2.68. The molecule has 0 saturated heterocycles. The molecule has 0 spiro atoms. The minimum Gasteiger partial charge on any atom is -0.480 e. The van der Waals surface area contributed by atoms with E-state index in [1.807, 2.05) is 0 Å². The number of nitrogens with one attached hydrogen (secondary N) is 1. The quantitative estimate of drug-likeness (QED) is 0.329. The SMILES string of the molecule is CCCCCNC(CC(OCCCl)[PH](C)=O)C(=O)O. The smallest absolute Gasteiger partial charge is 0.320 e. The predicted octanol–water partition coefficient (Wildman–Crippen LogP) is 2.38. The molecule has 0 radical (unpaired) electrons. The van der Waals surface area contributed by atoms with Crippen molar-refractivity contribution in [3.05, 3.63) is 0 Å². The van der Waals surface area contributed by atoms with Crippen molar-refractivity contribution in [2.75, 3.05) is 25.7 Å². The minimum absolute atomic E-state index is 0.215. The Morgan fingerprint density at radius 1 is 1.47 bits per heavy atom. The summed E-state index contributed by atoms with van der Waals surface area (Å²) in [6, 6.07) is -0.717. The van der Waals surface area contributed by atoms with E-state index in [0.717, 1.165) is 19.3 Å². The highest BCUT2D eigenvalue weighted by atomic mass is 35.5. The van der Waals surface area contributed by atoms with Crippen LogP contribution in [0.15, 0.2) is 0 Å². The van der Waals surface area contributed by atoms with Gasteiger partial charge in [-0.05, 0) is 19.6 Å². The Morgan fingerprint density at radius 2 is 2.16 bits per heavy atom. The number of alkyl halides is 1. The Morgan fingerprint density at radius 3 is 2.63 bits per heavy atom. The molecule has 3 atom stereocenters. The standard InChI is InChI=1S/C12H25ClNO4P/c1-3-4-5-7-14-10(12(15)16)9-11(19(2)17)18-8-6-13/h10-11,14,19H,3-9H2,1-2H3,(H,15,16). The Labute approximate surface area is 120 Å². The first-order valence-electron chi connectivity index (χ1n) is 6.67. The Balaban J connectivity index is 4.27. The van der Waals surface area contributed by atoms with Crippen molar-refractivity contribution < 1.29 is 19.2 Å². The third kappa shape index (κ3) is 9.44. The number of carbonyl (C=O) groups is 1. The molecule has 0 aliphatic carbocycles. The highest BCUT2D eigenvalue weighted by Gasteiger charge is 2.24. The summed E-state index contributed by atoms with van der Waals surface area (Å²) >= 11 is 5.52. The van der Waals surface area contributed by atoms with Crippen molar-refractivity contribution in [2.24, 2.45) is 0 Å². The molecule has 0 bridgehead atoms. The summed E-state index contributed by atoms with van der Waals surface area (Å²) in [5, 5.41) is 12.1. The Bertz CT molecular complexity index is 278. The third-order valence-electron chi connectivity index (χ3n) is 2.77. The van der Waals surface area contributed by atoms with E-state index in [1.54, 1.807) is 6.66 Å². The van der Waals surface area contributed by atoms with Crippen molar-refractivity contribution in [3.63, 3.8) is 0 Å². The molecule has 0 aliphatic rings. The van der Waals surface area contributed by atoms with Gasteiger partial charge in [0.2, 0.25) is 0 Å². The highest BCUT2D eigenvalue weighted by molar-refractivity contribution is 7.44. The Kier molecular flexibility index (Phi) is 11.7. The lowest BCUT2D eigenvalue weighted by Crippen LogP contribution is -2.40. The molecule has 0 fully saturated rings. The summed E-state index contributed by atoms with van der Waals surface area (Å²) in [4.78, 5) is 11.2. The molecule has 0 saturated carbocycles. The van der Waals surface area contributed by atoms with Crippen LogP contribution in [0.1, 0.15) is 32.6 Å². The second-order valence-corrected chi connectivity index (χ2v) is 6.69. The van der Waals surface area contributed by atoms with Crippen molar-refractivity contribution >= 4 is 25.4 Å². The summed E-state index contributed by atoms with van der Waals surface area (Å²) in [6.45, 7) is 4.61. The highest BCUT2D eigenvalue weighted by Crippen LogP contribution is 2.28. The fraction of sp³-hybridized carbons (Fsp3) is 0.917. The first kappa shape index (κ1) is 18.9. The van der Waals surface area contributed by atoms with Crippen LogP contribution in [0.4, 0.5) is 0 Å². The lowest BCUT2D eigenvalue weighted by Gasteiger charge is -2.20. The van der Waals surface area contributed by atoms with E-state index in [1.165, 1.54) is 0 Å². The van der Waals surface area contributed by atoms with Gasteiger partial charge in [0.05, 0.1) is 6.61 Å². The molecule has 5 nitrogen and oxygen atoms in total. The van der Waals surface area contributed by atoms with Gasteiger partial charge in [-0.15, -0.1) is 11.6 Å². The average Bonchev–Trinajstić information content (AvgIpc) is 2.36. The van der Waals surface area contributed by atoms with Gasteiger partial charge in [-0.1, -0.05) is 19.8 Å². The fourth-order valence-electron chi connectivity index (χ4n) is 1.67. The molecule has 3 unspecified atom stereocenters. The maximum Gasteiger partial charge on any atom is 0.320 e. The van der Waals surface area contributed by atoms with Gasteiger partial charge < -0.3 is 19.7 Å². The van der Waals surface area contributed by atoms with Crippen LogP contribution in [0.2, 0.25) is 0 Å². The number of hydrogen-bond donors (Lipinski definition) is 2. The summed E-state index contributed by atoms with van der Waals surface area (Å²) in [7, 11) is -1.94. The lowest BCUT2D eigenvalue weighted by molar-refractivity contribution is -0.140. The van der Waals surface area contributed by atoms with Gasteiger partial charge in [0.25, 0.3) is 0 Å². The molecule has 0 aliphatic heterocycles. The molecule has 0 heterocycles. The van der Waals surface area contributed by atoms with Crippen LogP contribution in [-0.4, -0.2) is 48.7 Å². The van der Waals surface area contributed by atoms with Crippen molar-refractivity contribution in [1.82, 2.24) is 5.32 Å². The van der Waals surface area contributed by atoms with Gasteiger partial charge in [0.15, 0.2) is 0 Å². The molecule has 0 amide bonds. The molecule has 114 valence electrons. The van der Waals surface area contributed by atoms with Crippen molar-refractivity contribution in [3.8, 4) is 0 Å². The van der Waals surface area contributed by atoms with Crippen LogP contribution in [0.3, 0.4) is 0 Å². The second-order valence-electron chi connectivity index (χ2n) is 4.45. The maximum absolute atomic E-state index is 11.6. The van der Waals surface area contributed by atoms with Gasteiger partial charge in [-0.3, -0.25) is 4.79 Å². The van der Waals surface area contributed by atoms with E-state index < -0.39 is 25.7 Å². The summed E-state index contributed by atoms with van der Waals surface area (Å²) in [6.07, 6.45) is 3.31. The predicted molar refractivity (Wildman–Crippen MR) is 79.0 cm³/mol. The van der Waals surface area contributed by atoms with Gasteiger partial charge in [0.1, 0.15) is 19.7 Å². The van der Waals surface area contributed by atoms with Crippen LogP contribution in [-0.2, 0) is 14.1 Å². The molecular weight excluding hydrogens is 289 g/mol. The monoisotopic (exact) mass is 313 g/mol. The average molecular weight is 314 g/mol. The molecule has 0 aromatic carbocycles. The molecule has 0 aromatic rings. The number of aliphatic carboxylic acids is 1. The van der Waals surface area contributed by atoms with E-state index in [9.17, 15) is 9.36 Å². The summed E-state index contributed by atoms with van der Waals surface area (Å²) in [5.74, 6) is -1.14. The van der Waals surface area contributed by atoms with E-state index in [-0.39, 0.29) is 6.42 Å². The summed E-state index contributed by atoms with van der Waals surface area (Å²) < 4.78 is 16.9. The number of carboxylic acids is 1. The third-order valence-corrected chi connectivity index (χ3v) is 4.23. The van der Waals surface area contributed by atoms with E-state index in [4.69, 9.17) is 21.4 Å². The summed E-state index contributed by atoms with van der Waals surface area (Å²) in [5.41, 5.74) is 0. The lowest BCUT2D eigenvalue weighted by atomic mass is 10.2. The normalized spacial score (nSPS) is 15.9. The first-order valence-corrected chi connectivity index (χ1v) is 9.19. The van der Waals surface area contributed by atoms with Gasteiger partial charge >= 0.3 is 5.97 Å². The topological polar surface area (TPSA) is 75.6 Å². The largest absolute Gasteiger partial charge is 0.480 e. The number of ether oxygens (including phenoxy) is 1. The van der Waals surface area contributed by atoms with Crippen LogP contribution >= 0.6 is 19.4 Å². The van der Waals surface area contributed by atoms with Crippen molar-refractivity contribution in [2.45, 2.75) is 44.5 Å². The van der Waals surface area contributed by atoms with Crippen LogP contribution < -0.4 is 5.32 Å². The molecule has 7 heteroatoms. The number of hydrogen-bond acceptors (Lipinski definition) is 4. The van der Waals surface area contributed by atoms with Crippen LogP contribution in [0.25, 0.3) is 0 Å². The van der Waals surface area contributed by atoms with Gasteiger partial charge in [0, 0.05) is 12.3 Å². The number of carboxylic acid groups (broad SMARTS) is 1. The second kappa shape index (κ2) is 11.7. The van der Waals surface area contributed by atoms with Gasteiger partial charge in [-0.25, -0.2) is 0 Å². The van der Waals surface area contributed by atoms with Crippen molar-refractivity contribution in [1.29, 1.82) is 0 Å². The van der Waals surface area contributed by atoms with Crippen LogP contribution in [0.5, 0.6) is 0 Å². The first-order chi connectivity index (χ1) is 9.02. The molecule has 0 rings (SSSR count). The van der Waals surface area contributed by atoms with E-state index in [0.29, 0.717) is 19.0 Å². The number of rotatable bonds is 12. The maximum atomic E-state index is 11.6. The number of unbranched alkanes of at least 4 members (excludes halogenated alkanes) is 2. The minimum atomic E-state index is -1.94. The molecule has 0 aromatic heterocycles. The van der Waals surface area contributed by atoms with Gasteiger partial charge in [-0.2, -0.15) is 0 Å². The Hall–Kier alpha value is -0.0900. The molecule has 2 N–H and O–H groups in total. The number of halogens is 1. The van der Waals surface area contributed by atoms with E-state index >= 15 is 0 Å². The molecule has 19 heavy (non-hydrogen) atoms. The van der Waals surface area contributed by atoms with Crippen LogP contribution in [0, 0.1) is 0 Å². The molecular formula is C12H25ClNO4P.